The summed E-state index contributed by atoms with van der Waals surface area (Å²) in [5, 5.41) is 11.5. The number of hydrogen-bond acceptors (Lipinski definition) is 8. The Bertz CT molecular complexity index is 1610. The molecule has 0 aliphatic heterocycles. The van der Waals surface area contributed by atoms with Crippen LogP contribution in [-0.2, 0) is 6.61 Å². The smallest absolute Gasteiger partial charge is 0.261 e. The first-order chi connectivity index (χ1) is 17.5. The second-order valence-electron chi connectivity index (χ2n) is 7.95. The van der Waals surface area contributed by atoms with Crippen LogP contribution in [0.1, 0.15) is 27.4 Å². The van der Waals surface area contributed by atoms with Crippen molar-refractivity contribution >= 4 is 22.6 Å². The third-order valence-electron chi connectivity index (χ3n) is 5.73. The van der Waals surface area contributed by atoms with Gasteiger partial charge in [-0.25, -0.2) is 9.67 Å². The number of fused-ring (bicyclic) bond motifs is 1. The molecule has 0 atom stereocenters. The summed E-state index contributed by atoms with van der Waals surface area (Å²) in [6.07, 6.45) is 2.75. The molecular weight excluding hydrogens is 464 g/mol. The van der Waals surface area contributed by atoms with Gasteiger partial charge in [0.05, 0.1) is 42.3 Å². The number of aryl methyl sites for hydroxylation is 2. The van der Waals surface area contributed by atoms with Gasteiger partial charge in [0.2, 0.25) is 0 Å². The summed E-state index contributed by atoms with van der Waals surface area (Å²) in [4.78, 5) is 31.9. The molecule has 5 aromatic rings. The second kappa shape index (κ2) is 9.37. The van der Waals surface area contributed by atoms with Crippen molar-refractivity contribution in [2.45, 2.75) is 20.5 Å². The van der Waals surface area contributed by atoms with Gasteiger partial charge in [0, 0.05) is 5.56 Å². The third kappa shape index (κ3) is 4.17. The summed E-state index contributed by atoms with van der Waals surface area (Å²) in [5.74, 6) is 1.21. The van der Waals surface area contributed by atoms with Crippen molar-refractivity contribution in [2.24, 2.45) is 0 Å². The van der Waals surface area contributed by atoms with E-state index in [9.17, 15) is 9.59 Å². The number of nitrogens with zero attached hydrogens (tertiary/aromatic N) is 4. The highest BCUT2D eigenvalue weighted by Gasteiger charge is 2.17. The number of rotatable bonds is 7. The van der Waals surface area contributed by atoms with Gasteiger partial charge in [0.15, 0.2) is 17.1 Å². The van der Waals surface area contributed by atoms with E-state index in [4.69, 9.17) is 14.0 Å². The van der Waals surface area contributed by atoms with Crippen molar-refractivity contribution in [1.29, 1.82) is 0 Å². The lowest BCUT2D eigenvalue weighted by atomic mass is 10.1. The van der Waals surface area contributed by atoms with Gasteiger partial charge in [0.25, 0.3) is 11.5 Å². The van der Waals surface area contributed by atoms with E-state index in [1.165, 1.54) is 24.3 Å². The molecule has 11 heteroatoms. The molecule has 0 spiro atoms. The minimum atomic E-state index is -0.361. The second-order valence-corrected chi connectivity index (χ2v) is 7.95. The summed E-state index contributed by atoms with van der Waals surface area (Å²) >= 11 is 0. The van der Waals surface area contributed by atoms with Gasteiger partial charge in [-0.1, -0.05) is 17.3 Å². The quantitative estimate of drug-likeness (QED) is 0.356. The van der Waals surface area contributed by atoms with Gasteiger partial charge in [-0.2, -0.15) is 5.10 Å². The molecule has 3 aromatic heterocycles. The average molecular weight is 486 g/mol. The Labute approximate surface area is 204 Å². The van der Waals surface area contributed by atoms with Gasteiger partial charge in [-0.3, -0.25) is 9.59 Å². The standard InChI is InChI=1S/C25H22N6O5/c1-14-18(15(2)36-30-14)12-35-21-9-8-16(10-22(21)34-3)24(32)29-19-6-4-5-7-20(19)31-23-17(11-28-31)25(33)27-13-26-23/h4-11,13H,12H2,1-3H3,(H,29,32)(H,26,27,33). The highest BCUT2D eigenvalue weighted by Crippen LogP contribution is 2.30. The van der Waals surface area contributed by atoms with Gasteiger partial charge >= 0.3 is 0 Å². The van der Waals surface area contributed by atoms with Crippen LogP contribution in [0.5, 0.6) is 11.5 Å². The van der Waals surface area contributed by atoms with Crippen LogP contribution in [0.25, 0.3) is 16.7 Å². The lowest BCUT2D eigenvalue weighted by Crippen LogP contribution is -2.15. The fourth-order valence-electron chi connectivity index (χ4n) is 3.78. The molecule has 36 heavy (non-hydrogen) atoms. The van der Waals surface area contributed by atoms with Gasteiger partial charge < -0.3 is 24.3 Å². The van der Waals surface area contributed by atoms with Crippen molar-refractivity contribution in [3.8, 4) is 17.2 Å². The zero-order valence-electron chi connectivity index (χ0n) is 19.7. The molecule has 0 aliphatic rings. The average Bonchev–Trinajstić information content (AvgIpc) is 3.46. The van der Waals surface area contributed by atoms with Crippen LogP contribution in [-0.4, -0.2) is 37.9 Å². The zero-order valence-corrected chi connectivity index (χ0v) is 19.7. The molecule has 1 amide bonds. The number of methoxy groups -OCH3 is 1. The highest BCUT2D eigenvalue weighted by molar-refractivity contribution is 6.05. The van der Waals surface area contributed by atoms with E-state index in [-0.39, 0.29) is 18.1 Å². The zero-order chi connectivity index (χ0) is 25.2. The first kappa shape index (κ1) is 22.8. The minimum absolute atomic E-state index is 0.255. The number of hydrogen-bond donors (Lipinski definition) is 2. The molecule has 2 aromatic carbocycles. The predicted octanol–water partition coefficient (Wildman–Crippen LogP) is 3.55. The Morgan fingerprint density at radius 2 is 2.00 bits per heavy atom. The monoisotopic (exact) mass is 486 g/mol. The summed E-state index contributed by atoms with van der Waals surface area (Å²) in [7, 11) is 1.51. The number of benzene rings is 2. The lowest BCUT2D eigenvalue weighted by molar-refractivity contribution is 0.102. The normalized spacial score (nSPS) is 11.0. The molecule has 0 aliphatic carbocycles. The molecule has 0 fully saturated rings. The fraction of sp³-hybridized carbons (Fsp3) is 0.160. The number of ether oxygens (including phenoxy) is 2. The molecule has 11 nitrogen and oxygen atoms in total. The Kier molecular flexibility index (Phi) is 5.95. The number of para-hydroxylation sites is 2. The Morgan fingerprint density at radius 1 is 1.17 bits per heavy atom. The predicted molar refractivity (Wildman–Crippen MR) is 131 cm³/mol. The molecule has 182 valence electrons. The van der Waals surface area contributed by atoms with Crippen LogP contribution in [0.3, 0.4) is 0 Å². The van der Waals surface area contributed by atoms with E-state index in [0.29, 0.717) is 45.2 Å². The van der Waals surface area contributed by atoms with Gasteiger partial charge in [0.1, 0.15) is 17.8 Å². The number of aromatic amines is 1. The third-order valence-corrected chi connectivity index (χ3v) is 5.73. The van der Waals surface area contributed by atoms with E-state index >= 15 is 0 Å². The van der Waals surface area contributed by atoms with E-state index in [2.05, 4.69) is 25.5 Å². The fourth-order valence-corrected chi connectivity index (χ4v) is 3.78. The van der Waals surface area contributed by atoms with Crippen molar-refractivity contribution in [2.75, 3.05) is 12.4 Å². The molecule has 0 bridgehead atoms. The highest BCUT2D eigenvalue weighted by atomic mass is 16.5. The van der Waals surface area contributed by atoms with Crippen LogP contribution in [0.4, 0.5) is 5.69 Å². The summed E-state index contributed by atoms with van der Waals surface area (Å²) in [6.45, 7) is 3.92. The maximum absolute atomic E-state index is 13.1. The number of aromatic nitrogens is 5. The van der Waals surface area contributed by atoms with Crippen LogP contribution in [0.15, 0.2) is 64.3 Å². The number of carbonyl (C=O) groups excluding carboxylic acids is 1. The minimum Gasteiger partial charge on any atom is -0.493 e. The summed E-state index contributed by atoms with van der Waals surface area (Å²) in [6, 6.07) is 12.0. The van der Waals surface area contributed by atoms with Crippen molar-refractivity contribution in [3.63, 3.8) is 0 Å². The van der Waals surface area contributed by atoms with E-state index in [1.54, 1.807) is 42.5 Å². The molecule has 5 rings (SSSR count). The number of amides is 1. The largest absolute Gasteiger partial charge is 0.493 e. The van der Waals surface area contributed by atoms with Crippen LogP contribution in [0, 0.1) is 13.8 Å². The molecular formula is C25H22N6O5. The molecule has 2 N–H and O–H groups in total. The summed E-state index contributed by atoms with van der Waals surface area (Å²) < 4.78 is 18.0. The van der Waals surface area contributed by atoms with Crippen molar-refractivity contribution in [1.82, 2.24) is 24.9 Å². The SMILES string of the molecule is COc1cc(C(=O)Nc2ccccc2-n2ncc3c(=O)[nH]cnc32)ccc1OCc1c(C)noc1C. The first-order valence-electron chi connectivity index (χ1n) is 11.0. The summed E-state index contributed by atoms with van der Waals surface area (Å²) in [5.41, 5.74) is 3.12. The van der Waals surface area contributed by atoms with Crippen LogP contribution >= 0.6 is 0 Å². The van der Waals surface area contributed by atoms with E-state index in [0.717, 1.165) is 11.3 Å². The van der Waals surface area contributed by atoms with Gasteiger partial charge in [-0.15, -0.1) is 0 Å². The Morgan fingerprint density at radius 3 is 2.78 bits per heavy atom. The molecule has 0 saturated carbocycles. The topological polar surface area (TPSA) is 137 Å². The van der Waals surface area contributed by atoms with Crippen LogP contribution < -0.4 is 20.3 Å². The number of nitrogens with one attached hydrogen (secondary N) is 2. The number of carbonyl (C=O) groups is 1. The molecule has 0 radical (unpaired) electrons. The van der Waals surface area contributed by atoms with Gasteiger partial charge in [-0.05, 0) is 44.2 Å². The first-order valence-corrected chi connectivity index (χ1v) is 11.0. The Balaban J connectivity index is 1.39. The molecule has 0 unspecified atom stereocenters. The molecule has 0 saturated heterocycles. The maximum atomic E-state index is 13.1. The van der Waals surface area contributed by atoms with E-state index < -0.39 is 0 Å². The maximum Gasteiger partial charge on any atom is 0.261 e. The van der Waals surface area contributed by atoms with Crippen LogP contribution in [0.2, 0.25) is 0 Å². The van der Waals surface area contributed by atoms with Crippen molar-refractivity contribution < 1.29 is 18.8 Å². The molecule has 3 heterocycles. The number of H-pyrrole nitrogens is 1. The number of anilines is 1. The van der Waals surface area contributed by atoms with E-state index in [1.807, 2.05) is 13.8 Å². The lowest BCUT2D eigenvalue weighted by Gasteiger charge is -2.14. The Hall–Kier alpha value is -4.93. The van der Waals surface area contributed by atoms with Crippen molar-refractivity contribution in [3.05, 3.63) is 87.9 Å².